The standard InChI is InChI=1S/C26H24Cl2FNO4/c1-33-17-6-2-14(3-7-17)10-11-30-23(15-4-8-19(27)20(28)12-15)22-24(31)18-13-16(29)5-9-21(18)34-25(22)26(30)32/h2-4,6-8,12,16,18,21,23H,5,9-11,13H2,1H3. The number of nitrogens with zero attached hydrogens (tertiary/aromatic N) is 1. The number of alkyl halides is 1. The minimum absolute atomic E-state index is 0.0920. The van der Waals surface area contributed by atoms with E-state index in [1.165, 1.54) is 0 Å². The second kappa shape index (κ2) is 9.23. The first-order valence-electron chi connectivity index (χ1n) is 11.3. The van der Waals surface area contributed by atoms with Crippen molar-refractivity contribution in [3.05, 3.63) is 75.0 Å². The van der Waals surface area contributed by atoms with Crippen LogP contribution in [-0.2, 0) is 20.7 Å². The number of rotatable bonds is 5. The fourth-order valence-electron chi connectivity index (χ4n) is 5.16. The molecule has 5 rings (SSSR count). The molecule has 2 heterocycles. The summed E-state index contributed by atoms with van der Waals surface area (Å²) in [5, 5.41) is 0.715. The maximum atomic E-state index is 14.2. The number of carbonyl (C=O) groups excluding carboxylic acids is 2. The molecular formula is C26H24Cl2FNO4. The molecule has 8 heteroatoms. The zero-order valence-corrected chi connectivity index (χ0v) is 20.1. The number of Topliss-reactive ketones (excluding diaryl/α,β-unsaturated/α-hetero) is 1. The lowest BCUT2D eigenvalue weighted by Crippen LogP contribution is -2.42. The molecule has 4 atom stereocenters. The van der Waals surface area contributed by atoms with Crippen LogP contribution in [0.3, 0.4) is 0 Å². The lowest BCUT2D eigenvalue weighted by Gasteiger charge is -2.36. The molecule has 0 radical (unpaired) electrons. The largest absolute Gasteiger partial charge is 0.497 e. The average Bonchev–Trinajstić information content (AvgIpc) is 3.12. The van der Waals surface area contributed by atoms with Crippen LogP contribution in [0.15, 0.2) is 53.8 Å². The molecule has 4 unspecified atom stereocenters. The minimum atomic E-state index is -1.04. The number of hydrogen-bond donors (Lipinski definition) is 0. The van der Waals surface area contributed by atoms with Crippen molar-refractivity contribution in [3.63, 3.8) is 0 Å². The van der Waals surface area contributed by atoms with Crippen LogP contribution in [-0.4, -0.2) is 42.5 Å². The Kier molecular flexibility index (Phi) is 6.30. The van der Waals surface area contributed by atoms with Crippen molar-refractivity contribution in [2.45, 2.75) is 44.0 Å². The third-order valence-corrected chi connectivity index (χ3v) is 7.68. The van der Waals surface area contributed by atoms with Gasteiger partial charge in [0.25, 0.3) is 5.91 Å². The number of amides is 1. The van der Waals surface area contributed by atoms with Gasteiger partial charge in [-0.05, 0) is 61.1 Å². The highest BCUT2D eigenvalue weighted by atomic mass is 35.5. The first kappa shape index (κ1) is 23.2. The molecule has 0 N–H and O–H groups in total. The predicted octanol–water partition coefficient (Wildman–Crippen LogP) is 5.49. The van der Waals surface area contributed by atoms with Gasteiger partial charge in [0.05, 0.1) is 34.7 Å². The molecule has 0 spiro atoms. The summed E-state index contributed by atoms with van der Waals surface area (Å²) in [4.78, 5) is 28.8. The first-order valence-corrected chi connectivity index (χ1v) is 12.1. The van der Waals surface area contributed by atoms with Gasteiger partial charge >= 0.3 is 0 Å². The Bertz CT molecular complexity index is 1170. The Morgan fingerprint density at radius 1 is 1.09 bits per heavy atom. The van der Waals surface area contributed by atoms with E-state index >= 15 is 0 Å². The van der Waals surface area contributed by atoms with Gasteiger partial charge in [-0.15, -0.1) is 0 Å². The SMILES string of the molecule is COc1ccc(CCN2C(=O)C3=C(C(=O)C4CC(F)CCC4O3)C2c2ccc(Cl)c(Cl)c2)cc1. The average molecular weight is 504 g/mol. The summed E-state index contributed by atoms with van der Waals surface area (Å²) >= 11 is 12.4. The number of methoxy groups -OCH3 is 1. The lowest BCUT2D eigenvalue weighted by molar-refractivity contribution is -0.136. The summed E-state index contributed by atoms with van der Waals surface area (Å²) in [5.41, 5.74) is 1.99. The van der Waals surface area contributed by atoms with Gasteiger partial charge in [0.1, 0.15) is 18.0 Å². The van der Waals surface area contributed by atoms with Gasteiger partial charge in [0.2, 0.25) is 0 Å². The smallest absolute Gasteiger partial charge is 0.290 e. The van der Waals surface area contributed by atoms with Crippen LogP contribution in [0.25, 0.3) is 0 Å². The second-order valence-corrected chi connectivity index (χ2v) is 9.77. The summed E-state index contributed by atoms with van der Waals surface area (Å²) < 4.78 is 25.5. The van der Waals surface area contributed by atoms with Crippen LogP contribution in [0.1, 0.15) is 36.4 Å². The van der Waals surface area contributed by atoms with Crippen molar-refractivity contribution in [2.75, 3.05) is 13.7 Å². The maximum absolute atomic E-state index is 14.2. The van der Waals surface area contributed by atoms with Crippen molar-refractivity contribution in [3.8, 4) is 5.75 Å². The van der Waals surface area contributed by atoms with Crippen molar-refractivity contribution >= 4 is 34.9 Å². The van der Waals surface area contributed by atoms with Crippen molar-refractivity contribution in [2.24, 2.45) is 5.92 Å². The highest BCUT2D eigenvalue weighted by Crippen LogP contribution is 2.47. The number of ether oxygens (including phenoxy) is 2. The molecule has 2 aliphatic heterocycles. The summed E-state index contributed by atoms with van der Waals surface area (Å²) in [6.45, 7) is 0.362. The topological polar surface area (TPSA) is 55.8 Å². The zero-order valence-electron chi connectivity index (χ0n) is 18.6. The number of halogens is 3. The van der Waals surface area contributed by atoms with Crippen LogP contribution >= 0.6 is 23.2 Å². The molecule has 2 aromatic rings. The highest BCUT2D eigenvalue weighted by Gasteiger charge is 2.52. The third kappa shape index (κ3) is 4.07. The third-order valence-electron chi connectivity index (χ3n) is 6.94. The second-order valence-electron chi connectivity index (χ2n) is 8.95. The van der Waals surface area contributed by atoms with E-state index in [-0.39, 0.29) is 23.9 Å². The van der Waals surface area contributed by atoms with Crippen LogP contribution < -0.4 is 4.74 Å². The Morgan fingerprint density at radius 2 is 1.85 bits per heavy atom. The van der Waals surface area contributed by atoms with Gasteiger partial charge in [0, 0.05) is 6.54 Å². The molecular weight excluding hydrogens is 480 g/mol. The Labute approximate surface area is 207 Å². The van der Waals surface area contributed by atoms with Gasteiger partial charge in [-0.3, -0.25) is 9.59 Å². The van der Waals surface area contributed by atoms with Crippen LogP contribution in [0.2, 0.25) is 10.0 Å². The quantitative estimate of drug-likeness (QED) is 0.541. The van der Waals surface area contributed by atoms with E-state index < -0.39 is 24.2 Å². The molecule has 178 valence electrons. The van der Waals surface area contributed by atoms with Gasteiger partial charge in [-0.25, -0.2) is 4.39 Å². The monoisotopic (exact) mass is 503 g/mol. The number of hydrogen-bond acceptors (Lipinski definition) is 4. The molecule has 1 aliphatic carbocycles. The van der Waals surface area contributed by atoms with E-state index in [4.69, 9.17) is 32.7 Å². The van der Waals surface area contributed by atoms with E-state index in [2.05, 4.69) is 0 Å². The van der Waals surface area contributed by atoms with Gasteiger partial charge in [-0.2, -0.15) is 0 Å². The molecule has 34 heavy (non-hydrogen) atoms. The number of benzene rings is 2. The normalized spacial score (nSPS) is 26.3. The minimum Gasteiger partial charge on any atom is -0.497 e. The van der Waals surface area contributed by atoms with Crippen molar-refractivity contribution < 1.29 is 23.5 Å². The molecule has 2 aromatic carbocycles. The van der Waals surface area contributed by atoms with Gasteiger partial charge in [0.15, 0.2) is 11.5 Å². The Hall–Kier alpha value is -2.57. The van der Waals surface area contributed by atoms with Gasteiger partial charge < -0.3 is 14.4 Å². The number of fused-ring (bicyclic) bond motifs is 1. The number of carbonyl (C=O) groups is 2. The molecule has 1 fully saturated rings. The van der Waals surface area contributed by atoms with Crippen LogP contribution in [0.4, 0.5) is 4.39 Å². The molecule has 3 aliphatic rings. The fraction of sp³-hybridized carbons (Fsp3) is 0.385. The Morgan fingerprint density at radius 3 is 2.56 bits per heavy atom. The molecule has 0 bridgehead atoms. The zero-order chi connectivity index (χ0) is 24.0. The summed E-state index contributed by atoms with van der Waals surface area (Å²) in [5.74, 6) is -0.269. The summed E-state index contributed by atoms with van der Waals surface area (Å²) in [6, 6.07) is 12.0. The summed E-state index contributed by atoms with van der Waals surface area (Å²) in [7, 11) is 1.61. The molecule has 0 aromatic heterocycles. The molecule has 1 saturated carbocycles. The van der Waals surface area contributed by atoms with Crippen molar-refractivity contribution in [1.82, 2.24) is 4.90 Å². The van der Waals surface area contributed by atoms with E-state index in [0.29, 0.717) is 47.0 Å². The Balaban J connectivity index is 1.50. The van der Waals surface area contributed by atoms with Gasteiger partial charge in [-0.1, -0.05) is 41.4 Å². The molecule has 1 amide bonds. The maximum Gasteiger partial charge on any atom is 0.290 e. The van der Waals surface area contributed by atoms with E-state index in [1.54, 1.807) is 30.2 Å². The predicted molar refractivity (Wildman–Crippen MR) is 127 cm³/mol. The summed E-state index contributed by atoms with van der Waals surface area (Å²) in [6.07, 6.45) is -0.0511. The van der Waals surface area contributed by atoms with Crippen molar-refractivity contribution in [1.29, 1.82) is 0 Å². The number of ketones is 1. The molecule has 0 saturated heterocycles. The fourth-order valence-corrected chi connectivity index (χ4v) is 5.47. The van der Waals surface area contributed by atoms with E-state index in [9.17, 15) is 14.0 Å². The lowest BCUT2D eigenvalue weighted by atomic mass is 9.77. The van der Waals surface area contributed by atoms with Crippen LogP contribution in [0.5, 0.6) is 5.75 Å². The van der Waals surface area contributed by atoms with Crippen LogP contribution in [0, 0.1) is 5.92 Å². The van der Waals surface area contributed by atoms with E-state index in [0.717, 1.165) is 11.3 Å². The molecule has 5 nitrogen and oxygen atoms in total. The first-order chi connectivity index (χ1) is 16.4. The highest BCUT2D eigenvalue weighted by molar-refractivity contribution is 6.42. The van der Waals surface area contributed by atoms with E-state index in [1.807, 2.05) is 24.3 Å².